The molecule has 3 rings (SSSR count). The van der Waals surface area contributed by atoms with Crippen molar-refractivity contribution in [2.24, 2.45) is 0 Å². The van der Waals surface area contributed by atoms with E-state index in [1.165, 1.54) is 6.20 Å². The molecule has 1 fully saturated rings. The van der Waals surface area contributed by atoms with Gasteiger partial charge in [0.2, 0.25) is 11.8 Å². The number of likely N-dealkylation sites (tertiary alicyclic amines) is 1. The van der Waals surface area contributed by atoms with E-state index in [-0.39, 0.29) is 34.6 Å². The number of nitro groups is 1. The van der Waals surface area contributed by atoms with Crippen molar-refractivity contribution in [3.8, 4) is 6.07 Å². The van der Waals surface area contributed by atoms with Gasteiger partial charge in [0.05, 0.1) is 16.6 Å². The number of rotatable bonds is 5. The zero-order valence-corrected chi connectivity index (χ0v) is 17.9. The van der Waals surface area contributed by atoms with Gasteiger partial charge in [0.1, 0.15) is 6.20 Å². The van der Waals surface area contributed by atoms with Gasteiger partial charge in [-0.3, -0.25) is 15.0 Å². The number of nitriles is 1. The van der Waals surface area contributed by atoms with Crippen LogP contribution in [0.15, 0.2) is 30.5 Å². The van der Waals surface area contributed by atoms with Crippen LogP contribution < -0.4 is 10.6 Å². The van der Waals surface area contributed by atoms with Gasteiger partial charge in [0.15, 0.2) is 0 Å². The smallest absolute Gasteiger partial charge is 0.329 e. The summed E-state index contributed by atoms with van der Waals surface area (Å²) in [4.78, 5) is 21.9. The van der Waals surface area contributed by atoms with Crippen molar-refractivity contribution < 1.29 is 4.92 Å². The number of anilines is 3. The van der Waals surface area contributed by atoms with E-state index in [9.17, 15) is 10.1 Å². The maximum absolute atomic E-state index is 11.5. The Kier molecular flexibility index (Phi) is 5.63. The minimum atomic E-state index is -0.479. The second kappa shape index (κ2) is 7.88. The first-order valence-electron chi connectivity index (χ1n) is 9.81. The van der Waals surface area contributed by atoms with Crippen LogP contribution in [0.4, 0.5) is 23.1 Å². The molecule has 0 spiro atoms. The van der Waals surface area contributed by atoms with E-state index in [0.29, 0.717) is 11.3 Å². The number of nitrogens with zero attached hydrogens (tertiary/aromatic N) is 5. The number of benzene rings is 1. The molecule has 1 aromatic carbocycles. The Labute approximate surface area is 176 Å². The van der Waals surface area contributed by atoms with Crippen LogP contribution in [0.2, 0.25) is 0 Å². The minimum Gasteiger partial charge on any atom is -0.361 e. The molecule has 0 unspecified atom stereocenters. The third-order valence-corrected chi connectivity index (χ3v) is 5.86. The number of aromatic nitrogens is 2. The normalized spacial score (nSPS) is 18.4. The van der Waals surface area contributed by atoms with E-state index < -0.39 is 4.92 Å². The molecule has 0 bridgehead atoms. The van der Waals surface area contributed by atoms with Crippen LogP contribution >= 0.6 is 0 Å². The lowest BCUT2D eigenvalue weighted by Gasteiger charge is -2.53. The van der Waals surface area contributed by atoms with Crippen LogP contribution in [0.1, 0.15) is 46.1 Å². The maximum atomic E-state index is 11.5. The molecule has 0 radical (unpaired) electrons. The molecule has 1 aliphatic heterocycles. The van der Waals surface area contributed by atoms with Gasteiger partial charge in [0.25, 0.3) is 0 Å². The van der Waals surface area contributed by atoms with Gasteiger partial charge in [-0.15, -0.1) is 0 Å². The lowest BCUT2D eigenvalue weighted by molar-refractivity contribution is -0.384. The summed E-state index contributed by atoms with van der Waals surface area (Å²) in [7, 11) is 2.11. The molecule has 9 nitrogen and oxygen atoms in total. The molecule has 1 saturated heterocycles. The Bertz CT molecular complexity index is 979. The van der Waals surface area contributed by atoms with E-state index in [4.69, 9.17) is 5.26 Å². The first kappa shape index (κ1) is 21.5. The molecule has 0 aliphatic carbocycles. The molecule has 2 N–H and O–H groups in total. The molecular formula is C21H27N7O2. The van der Waals surface area contributed by atoms with Crippen LogP contribution in [0, 0.1) is 21.4 Å². The highest BCUT2D eigenvalue weighted by Crippen LogP contribution is 2.38. The van der Waals surface area contributed by atoms with E-state index >= 15 is 0 Å². The summed E-state index contributed by atoms with van der Waals surface area (Å²) in [5.41, 5.74) is 0.826. The van der Waals surface area contributed by atoms with Crippen LogP contribution in [0.3, 0.4) is 0 Å². The predicted molar refractivity (Wildman–Crippen MR) is 116 cm³/mol. The van der Waals surface area contributed by atoms with Gasteiger partial charge in [-0.1, -0.05) is 6.07 Å². The fourth-order valence-electron chi connectivity index (χ4n) is 4.14. The Balaban J connectivity index is 1.88. The summed E-state index contributed by atoms with van der Waals surface area (Å²) >= 11 is 0. The molecule has 30 heavy (non-hydrogen) atoms. The van der Waals surface area contributed by atoms with E-state index in [0.717, 1.165) is 12.8 Å². The Hall–Kier alpha value is -3.25. The van der Waals surface area contributed by atoms with Crippen LogP contribution in [-0.4, -0.2) is 44.0 Å². The van der Waals surface area contributed by atoms with E-state index in [1.54, 1.807) is 24.3 Å². The molecule has 0 atom stereocenters. The molecule has 9 heteroatoms. The van der Waals surface area contributed by atoms with Gasteiger partial charge in [-0.25, -0.2) is 4.98 Å². The number of hydrogen-bond acceptors (Lipinski definition) is 8. The average molecular weight is 409 g/mol. The van der Waals surface area contributed by atoms with Crippen LogP contribution in [0.5, 0.6) is 0 Å². The lowest BCUT2D eigenvalue weighted by Crippen LogP contribution is -2.61. The van der Waals surface area contributed by atoms with Crippen LogP contribution in [0.25, 0.3) is 0 Å². The maximum Gasteiger partial charge on any atom is 0.329 e. The van der Waals surface area contributed by atoms with Crippen molar-refractivity contribution in [3.63, 3.8) is 0 Å². The molecule has 1 aromatic heterocycles. The van der Waals surface area contributed by atoms with Crippen molar-refractivity contribution in [2.45, 2.75) is 57.7 Å². The summed E-state index contributed by atoms with van der Waals surface area (Å²) in [6.45, 7) is 8.69. The first-order valence-corrected chi connectivity index (χ1v) is 9.81. The van der Waals surface area contributed by atoms with Gasteiger partial charge in [0, 0.05) is 22.8 Å². The molecule has 2 aromatic rings. The van der Waals surface area contributed by atoms with Crippen molar-refractivity contribution in [2.75, 3.05) is 17.7 Å². The lowest BCUT2D eigenvalue weighted by atomic mass is 9.77. The van der Waals surface area contributed by atoms with Crippen molar-refractivity contribution >= 4 is 23.1 Å². The molecule has 1 aliphatic rings. The SMILES string of the molecule is CN1C(C)(C)CC(Nc2nc(Nc3cccc(C#N)c3)ncc2[N+](=O)[O-])CC1(C)C. The second-order valence-electron chi connectivity index (χ2n) is 8.94. The topological polar surface area (TPSA) is 120 Å². The highest BCUT2D eigenvalue weighted by molar-refractivity contribution is 5.62. The van der Waals surface area contributed by atoms with Gasteiger partial charge in [-0.2, -0.15) is 10.2 Å². The number of hydrogen-bond donors (Lipinski definition) is 2. The van der Waals surface area contributed by atoms with Crippen molar-refractivity contribution in [1.82, 2.24) is 14.9 Å². The number of nitrogens with one attached hydrogen (secondary N) is 2. The molecule has 2 heterocycles. The first-order chi connectivity index (χ1) is 14.0. The van der Waals surface area contributed by atoms with Gasteiger partial charge >= 0.3 is 5.69 Å². The van der Waals surface area contributed by atoms with Crippen molar-refractivity contribution in [1.29, 1.82) is 5.26 Å². The standard InChI is InChI=1S/C21H27N7O2/c1-20(2)10-16(11-21(3,4)27(20)5)24-18-17(28(29)30)13-23-19(26-18)25-15-8-6-7-14(9-15)12-22/h6-9,13,16H,10-11H2,1-5H3,(H2,23,24,25,26). The monoisotopic (exact) mass is 409 g/mol. The summed E-state index contributed by atoms with van der Waals surface area (Å²) in [6.07, 6.45) is 2.85. The zero-order valence-electron chi connectivity index (χ0n) is 17.9. The third-order valence-electron chi connectivity index (χ3n) is 5.86. The summed E-state index contributed by atoms with van der Waals surface area (Å²) in [5.74, 6) is 0.416. The summed E-state index contributed by atoms with van der Waals surface area (Å²) in [6, 6.07) is 8.98. The summed E-state index contributed by atoms with van der Waals surface area (Å²) < 4.78 is 0. The fraction of sp³-hybridized carbons (Fsp3) is 0.476. The average Bonchev–Trinajstić information content (AvgIpc) is 2.65. The molecule has 158 valence electrons. The third kappa shape index (κ3) is 4.49. The quantitative estimate of drug-likeness (QED) is 0.560. The largest absolute Gasteiger partial charge is 0.361 e. The number of piperidine rings is 1. The van der Waals surface area contributed by atoms with E-state index in [1.807, 2.05) is 0 Å². The summed E-state index contributed by atoms with van der Waals surface area (Å²) in [5, 5.41) is 26.9. The van der Waals surface area contributed by atoms with Crippen molar-refractivity contribution in [3.05, 3.63) is 46.1 Å². The van der Waals surface area contributed by atoms with E-state index in [2.05, 4.69) is 66.3 Å². The molecule has 0 amide bonds. The fourth-order valence-corrected chi connectivity index (χ4v) is 4.14. The Morgan fingerprint density at radius 1 is 1.27 bits per heavy atom. The molecular weight excluding hydrogens is 382 g/mol. The second-order valence-corrected chi connectivity index (χ2v) is 8.94. The van der Waals surface area contributed by atoms with Gasteiger partial charge < -0.3 is 10.6 Å². The van der Waals surface area contributed by atoms with Gasteiger partial charge in [-0.05, 0) is 65.8 Å². The zero-order chi connectivity index (χ0) is 22.1. The highest BCUT2D eigenvalue weighted by Gasteiger charge is 2.43. The predicted octanol–water partition coefficient (Wildman–Crippen LogP) is 4.06. The Morgan fingerprint density at radius 3 is 2.53 bits per heavy atom. The highest BCUT2D eigenvalue weighted by atomic mass is 16.6. The van der Waals surface area contributed by atoms with Crippen LogP contribution in [-0.2, 0) is 0 Å². The minimum absolute atomic E-state index is 0.0227. The Morgan fingerprint density at radius 2 is 1.93 bits per heavy atom. The molecule has 0 saturated carbocycles.